The number of aliphatic hydroxyl groups is 1. The zero-order valence-electron chi connectivity index (χ0n) is 16.6. The van der Waals surface area contributed by atoms with E-state index in [1.807, 2.05) is 11.8 Å². The fourth-order valence-corrected chi connectivity index (χ4v) is 4.04. The normalized spacial score (nSPS) is 12.6. The Labute approximate surface area is 156 Å². The molecule has 0 aliphatic heterocycles. The van der Waals surface area contributed by atoms with Gasteiger partial charge in [0.05, 0.1) is 12.7 Å². The van der Waals surface area contributed by atoms with Crippen LogP contribution in [0.2, 0.25) is 0 Å². The maximum absolute atomic E-state index is 9.03. The lowest BCUT2D eigenvalue weighted by atomic mass is 10.0. The van der Waals surface area contributed by atoms with E-state index >= 15 is 0 Å². The van der Waals surface area contributed by atoms with Crippen LogP contribution in [0.1, 0.15) is 103 Å². The summed E-state index contributed by atoms with van der Waals surface area (Å²) in [5, 5.41) is 9.03. The van der Waals surface area contributed by atoms with Crippen molar-refractivity contribution in [3.63, 3.8) is 0 Å². The minimum absolute atomic E-state index is 0.0360. The molecule has 3 heteroatoms. The highest BCUT2D eigenvalue weighted by atomic mass is 32.2. The highest BCUT2D eigenvalue weighted by Gasteiger charge is 2.04. The van der Waals surface area contributed by atoms with Crippen LogP contribution in [0.25, 0.3) is 0 Å². The first-order valence-corrected chi connectivity index (χ1v) is 11.7. The third-order valence-electron chi connectivity index (χ3n) is 4.76. The van der Waals surface area contributed by atoms with Crippen LogP contribution in [0.15, 0.2) is 0 Å². The van der Waals surface area contributed by atoms with Crippen LogP contribution in [0.3, 0.4) is 0 Å². The van der Waals surface area contributed by atoms with Crippen LogP contribution in [-0.2, 0) is 4.74 Å². The molecular formula is C21H44O2S. The van der Waals surface area contributed by atoms with Gasteiger partial charge in [-0.05, 0) is 24.3 Å². The molecule has 24 heavy (non-hydrogen) atoms. The lowest BCUT2D eigenvalue weighted by Crippen LogP contribution is -2.16. The Bertz CT molecular complexity index is 220. The van der Waals surface area contributed by atoms with Crippen LogP contribution in [0.5, 0.6) is 0 Å². The summed E-state index contributed by atoms with van der Waals surface area (Å²) in [7, 11) is 1.68. The monoisotopic (exact) mass is 360 g/mol. The number of thioether (sulfide) groups is 1. The quantitative estimate of drug-likeness (QED) is 0.248. The summed E-state index contributed by atoms with van der Waals surface area (Å²) < 4.78 is 5.17. The average molecular weight is 361 g/mol. The van der Waals surface area contributed by atoms with Gasteiger partial charge in [-0.3, -0.25) is 0 Å². The van der Waals surface area contributed by atoms with E-state index in [1.54, 1.807) is 7.11 Å². The molecule has 1 atom stereocenters. The zero-order valence-corrected chi connectivity index (χ0v) is 17.4. The van der Waals surface area contributed by atoms with Crippen LogP contribution in [0.4, 0.5) is 0 Å². The smallest absolute Gasteiger partial charge is 0.0809 e. The summed E-state index contributed by atoms with van der Waals surface area (Å²) in [4.78, 5) is 0. The molecule has 0 aromatic carbocycles. The Morgan fingerprint density at radius 2 is 1.17 bits per heavy atom. The van der Waals surface area contributed by atoms with Gasteiger partial charge in [0, 0.05) is 7.11 Å². The molecule has 0 aliphatic rings. The van der Waals surface area contributed by atoms with Gasteiger partial charge in [0.1, 0.15) is 0 Å². The molecule has 146 valence electrons. The topological polar surface area (TPSA) is 29.5 Å². The fourth-order valence-electron chi connectivity index (χ4n) is 3.00. The lowest BCUT2D eigenvalue weighted by molar-refractivity contribution is 0.0475. The van der Waals surface area contributed by atoms with Crippen molar-refractivity contribution in [3.8, 4) is 0 Å². The molecule has 0 saturated carbocycles. The second-order valence-corrected chi connectivity index (χ2v) is 8.26. The van der Waals surface area contributed by atoms with E-state index in [9.17, 15) is 0 Å². The minimum atomic E-state index is 0.0360. The first kappa shape index (κ1) is 24.3. The number of hydrogen-bond donors (Lipinski definition) is 1. The lowest BCUT2D eigenvalue weighted by Gasteiger charge is -2.11. The van der Waals surface area contributed by atoms with E-state index in [0.717, 1.165) is 12.2 Å². The average Bonchev–Trinajstić information content (AvgIpc) is 2.61. The number of unbranched alkanes of at least 4 members (excludes halogenated alkanes) is 13. The second kappa shape index (κ2) is 21.3. The Hall–Kier alpha value is 0.270. The van der Waals surface area contributed by atoms with Gasteiger partial charge < -0.3 is 9.84 Å². The molecular weight excluding hydrogens is 316 g/mol. The van der Waals surface area contributed by atoms with Crippen LogP contribution in [0, 0.1) is 0 Å². The van der Waals surface area contributed by atoms with Gasteiger partial charge in [-0.15, -0.1) is 0 Å². The van der Waals surface area contributed by atoms with E-state index in [4.69, 9.17) is 9.84 Å². The summed E-state index contributed by atoms with van der Waals surface area (Å²) in [6.07, 6.45) is 21.0. The van der Waals surface area contributed by atoms with Crippen molar-refractivity contribution in [1.29, 1.82) is 0 Å². The van der Waals surface area contributed by atoms with E-state index in [2.05, 4.69) is 6.92 Å². The van der Waals surface area contributed by atoms with Crippen molar-refractivity contribution < 1.29 is 9.84 Å². The summed E-state index contributed by atoms with van der Waals surface area (Å²) >= 11 is 2.01. The molecule has 2 nitrogen and oxygen atoms in total. The number of aliphatic hydroxyl groups excluding tert-OH is 1. The van der Waals surface area contributed by atoms with Crippen molar-refractivity contribution in [2.24, 2.45) is 0 Å². The maximum Gasteiger partial charge on any atom is 0.0809 e. The summed E-state index contributed by atoms with van der Waals surface area (Å²) in [6.45, 7) is 2.44. The molecule has 0 saturated heterocycles. The molecule has 0 radical (unpaired) electrons. The van der Waals surface area contributed by atoms with E-state index in [-0.39, 0.29) is 12.7 Å². The van der Waals surface area contributed by atoms with Crippen molar-refractivity contribution in [1.82, 2.24) is 0 Å². The third-order valence-corrected chi connectivity index (χ3v) is 5.87. The number of ether oxygens (including phenoxy) is 1. The molecule has 0 aromatic rings. The minimum Gasteiger partial charge on any atom is -0.394 e. The summed E-state index contributed by atoms with van der Waals surface area (Å²) in [5.41, 5.74) is 0. The Kier molecular flexibility index (Phi) is 21.6. The van der Waals surface area contributed by atoms with Gasteiger partial charge in [-0.25, -0.2) is 0 Å². The standard InChI is InChI=1S/C21H44O2S/c1-3-4-5-6-7-8-9-10-11-12-13-14-15-16-18-24-19-17-21(20-22)23-2/h21-22H,3-20H2,1-2H3. The van der Waals surface area contributed by atoms with E-state index < -0.39 is 0 Å². The molecule has 0 bridgehead atoms. The maximum atomic E-state index is 9.03. The van der Waals surface area contributed by atoms with Crippen molar-refractivity contribution in [3.05, 3.63) is 0 Å². The summed E-state index contributed by atoms with van der Waals surface area (Å²) in [6, 6.07) is 0. The molecule has 0 rings (SSSR count). The fraction of sp³-hybridized carbons (Fsp3) is 1.00. The second-order valence-electron chi connectivity index (χ2n) is 7.04. The van der Waals surface area contributed by atoms with Crippen molar-refractivity contribution in [2.75, 3.05) is 25.2 Å². The third kappa shape index (κ3) is 18.6. The van der Waals surface area contributed by atoms with Gasteiger partial charge in [0.15, 0.2) is 0 Å². The molecule has 0 aliphatic carbocycles. The number of hydrogen-bond acceptors (Lipinski definition) is 3. The van der Waals surface area contributed by atoms with Gasteiger partial charge in [0.2, 0.25) is 0 Å². The summed E-state index contributed by atoms with van der Waals surface area (Å²) in [5.74, 6) is 2.37. The van der Waals surface area contributed by atoms with Gasteiger partial charge in [-0.2, -0.15) is 11.8 Å². The predicted octanol–water partition coefficient (Wildman–Crippen LogP) is 6.60. The molecule has 1 unspecified atom stereocenters. The first-order valence-electron chi connectivity index (χ1n) is 10.6. The molecule has 0 fully saturated rings. The molecule has 0 heterocycles. The molecule has 0 amide bonds. The van der Waals surface area contributed by atoms with Crippen LogP contribution < -0.4 is 0 Å². The van der Waals surface area contributed by atoms with Crippen LogP contribution in [-0.4, -0.2) is 36.4 Å². The Balaban J connectivity index is 3.03. The highest BCUT2D eigenvalue weighted by molar-refractivity contribution is 7.99. The Morgan fingerprint density at radius 1 is 0.708 bits per heavy atom. The SMILES string of the molecule is CCCCCCCCCCCCCCCCSCCC(CO)OC. The molecule has 1 N–H and O–H groups in total. The van der Waals surface area contributed by atoms with Crippen molar-refractivity contribution >= 4 is 11.8 Å². The predicted molar refractivity (Wildman–Crippen MR) is 110 cm³/mol. The van der Waals surface area contributed by atoms with Gasteiger partial charge >= 0.3 is 0 Å². The molecule has 0 aromatic heterocycles. The van der Waals surface area contributed by atoms with Gasteiger partial charge in [0.25, 0.3) is 0 Å². The van der Waals surface area contributed by atoms with E-state index in [1.165, 1.54) is 95.6 Å². The van der Waals surface area contributed by atoms with Crippen LogP contribution >= 0.6 is 11.8 Å². The highest BCUT2D eigenvalue weighted by Crippen LogP contribution is 2.14. The van der Waals surface area contributed by atoms with E-state index in [0.29, 0.717) is 0 Å². The van der Waals surface area contributed by atoms with Gasteiger partial charge in [-0.1, -0.05) is 90.4 Å². The first-order chi connectivity index (χ1) is 11.8. The number of methoxy groups -OCH3 is 1. The largest absolute Gasteiger partial charge is 0.394 e. The molecule has 0 spiro atoms. The zero-order chi connectivity index (χ0) is 17.7. The number of rotatable bonds is 20. The Morgan fingerprint density at radius 3 is 1.58 bits per heavy atom. The van der Waals surface area contributed by atoms with Crippen molar-refractivity contribution in [2.45, 2.75) is 109 Å².